The molecule has 1 unspecified atom stereocenters. The number of imidazole rings is 1. The fourth-order valence-corrected chi connectivity index (χ4v) is 3.02. The highest BCUT2D eigenvalue weighted by atomic mass is 79.9. The summed E-state index contributed by atoms with van der Waals surface area (Å²) in [6.07, 6.45) is 2.54. The zero-order valence-corrected chi connectivity index (χ0v) is 14.3. The van der Waals surface area contributed by atoms with E-state index in [1.54, 1.807) is 6.20 Å². The van der Waals surface area contributed by atoms with Crippen molar-refractivity contribution in [3.8, 4) is 0 Å². The summed E-state index contributed by atoms with van der Waals surface area (Å²) in [5.41, 5.74) is 0. The van der Waals surface area contributed by atoms with E-state index in [0.717, 1.165) is 18.8 Å². The summed E-state index contributed by atoms with van der Waals surface area (Å²) in [6, 6.07) is 0. The van der Waals surface area contributed by atoms with Crippen LogP contribution in [0.5, 0.6) is 0 Å². The molecular weight excluding hydrogens is 330 g/mol. The predicted molar refractivity (Wildman–Crippen MR) is 80.0 cm³/mol. The minimum absolute atomic E-state index is 0.0990. The highest BCUT2D eigenvalue weighted by Crippen LogP contribution is 2.13. The second-order valence-electron chi connectivity index (χ2n) is 4.93. The average Bonchev–Trinajstić information content (AvgIpc) is 2.69. The maximum Gasteiger partial charge on any atom is 0.259 e. The molecule has 1 aromatic heterocycles. The Labute approximate surface area is 124 Å². The summed E-state index contributed by atoms with van der Waals surface area (Å²) in [6.45, 7) is 9.07. The molecule has 0 aromatic carbocycles. The average molecular weight is 352 g/mol. The molecular formula is C12H22BrN3O2S. The van der Waals surface area contributed by atoms with Crippen LogP contribution in [0.3, 0.4) is 0 Å². The number of hydrogen-bond acceptors (Lipinski definition) is 3. The topological polar surface area (TPSA) is 64.0 Å². The van der Waals surface area contributed by atoms with Crippen LogP contribution in [0.4, 0.5) is 0 Å². The Morgan fingerprint density at radius 2 is 2.11 bits per heavy atom. The van der Waals surface area contributed by atoms with Gasteiger partial charge in [0.15, 0.2) is 5.03 Å². The van der Waals surface area contributed by atoms with E-state index >= 15 is 0 Å². The molecule has 0 saturated heterocycles. The van der Waals surface area contributed by atoms with Gasteiger partial charge < -0.3 is 4.57 Å². The summed E-state index contributed by atoms with van der Waals surface area (Å²) in [5, 5.41) is 0.0990. The van der Waals surface area contributed by atoms with Crippen molar-refractivity contribution < 1.29 is 8.42 Å². The van der Waals surface area contributed by atoms with Crippen LogP contribution in [-0.4, -0.2) is 29.3 Å². The molecule has 1 rings (SSSR count). The monoisotopic (exact) mass is 351 g/mol. The second-order valence-corrected chi connectivity index (χ2v) is 7.82. The number of hydrogen-bond donors (Lipinski definition) is 1. The van der Waals surface area contributed by atoms with Gasteiger partial charge in [-0.2, -0.15) is 0 Å². The highest BCUT2D eigenvalue weighted by molar-refractivity contribution is 9.09. The molecule has 1 heterocycles. The molecule has 0 spiro atoms. The maximum atomic E-state index is 12.1. The molecule has 1 aromatic rings. The van der Waals surface area contributed by atoms with Crippen LogP contribution in [0, 0.1) is 12.8 Å². The third-order valence-electron chi connectivity index (χ3n) is 2.89. The van der Waals surface area contributed by atoms with Gasteiger partial charge in [0, 0.05) is 24.1 Å². The quantitative estimate of drug-likeness (QED) is 0.766. The van der Waals surface area contributed by atoms with Crippen molar-refractivity contribution in [2.75, 3.05) is 6.54 Å². The van der Waals surface area contributed by atoms with E-state index in [2.05, 4.69) is 25.6 Å². The number of nitrogens with zero attached hydrogens (tertiary/aromatic N) is 2. The molecule has 0 aliphatic carbocycles. The number of aryl methyl sites for hydroxylation is 2. The summed E-state index contributed by atoms with van der Waals surface area (Å²) in [7, 11) is -3.52. The van der Waals surface area contributed by atoms with E-state index in [4.69, 9.17) is 0 Å². The summed E-state index contributed by atoms with van der Waals surface area (Å²) in [5.74, 6) is 1.09. The zero-order valence-electron chi connectivity index (χ0n) is 11.9. The zero-order chi connectivity index (χ0) is 14.6. The molecule has 1 N–H and O–H groups in total. The number of aromatic nitrogens is 2. The van der Waals surface area contributed by atoms with Crippen molar-refractivity contribution in [2.24, 2.45) is 5.92 Å². The van der Waals surface area contributed by atoms with Crippen molar-refractivity contribution in [1.82, 2.24) is 14.3 Å². The smallest absolute Gasteiger partial charge is 0.259 e. The molecule has 0 bridgehead atoms. The van der Waals surface area contributed by atoms with Crippen LogP contribution < -0.4 is 4.72 Å². The number of sulfonamides is 1. The molecule has 0 radical (unpaired) electrons. The Bertz CT molecular complexity index is 511. The SMILES string of the molecule is CCCn1cc(S(=O)(=O)NCC(Br)C(C)C)nc1C. The van der Waals surface area contributed by atoms with E-state index in [-0.39, 0.29) is 9.85 Å². The van der Waals surface area contributed by atoms with Crippen LogP contribution in [0.2, 0.25) is 0 Å². The third kappa shape index (κ3) is 4.57. The van der Waals surface area contributed by atoms with E-state index in [9.17, 15) is 8.42 Å². The molecule has 0 aliphatic heterocycles. The summed E-state index contributed by atoms with van der Waals surface area (Å²) >= 11 is 3.46. The van der Waals surface area contributed by atoms with Crippen molar-refractivity contribution in [2.45, 2.75) is 50.5 Å². The minimum Gasteiger partial charge on any atom is -0.334 e. The first-order valence-corrected chi connectivity index (χ1v) is 8.85. The van der Waals surface area contributed by atoms with Gasteiger partial charge in [-0.3, -0.25) is 0 Å². The molecule has 0 saturated carbocycles. The molecule has 110 valence electrons. The maximum absolute atomic E-state index is 12.1. The lowest BCUT2D eigenvalue weighted by atomic mass is 10.1. The third-order valence-corrected chi connectivity index (χ3v) is 5.56. The number of rotatable bonds is 7. The van der Waals surface area contributed by atoms with E-state index in [1.165, 1.54) is 0 Å². The lowest BCUT2D eigenvalue weighted by Crippen LogP contribution is -2.32. The largest absolute Gasteiger partial charge is 0.334 e. The van der Waals surface area contributed by atoms with E-state index in [1.807, 2.05) is 32.3 Å². The highest BCUT2D eigenvalue weighted by Gasteiger charge is 2.20. The van der Waals surface area contributed by atoms with Crippen LogP contribution in [0.25, 0.3) is 0 Å². The van der Waals surface area contributed by atoms with Crippen LogP contribution in [0.15, 0.2) is 11.2 Å². The van der Waals surface area contributed by atoms with Gasteiger partial charge in [-0.25, -0.2) is 18.1 Å². The standard InChI is InChI=1S/C12H22BrN3O2S/c1-5-6-16-8-12(15-10(16)4)19(17,18)14-7-11(13)9(2)3/h8-9,11,14H,5-7H2,1-4H3. The fraction of sp³-hybridized carbons (Fsp3) is 0.750. The van der Waals surface area contributed by atoms with Gasteiger partial charge in [0.05, 0.1) is 0 Å². The van der Waals surface area contributed by atoms with Crippen molar-refractivity contribution >= 4 is 26.0 Å². The Balaban J connectivity index is 2.80. The fourth-order valence-electron chi connectivity index (χ4n) is 1.57. The molecule has 0 fully saturated rings. The summed E-state index contributed by atoms with van der Waals surface area (Å²) in [4.78, 5) is 4.23. The molecule has 0 amide bonds. The number of halogens is 1. The van der Waals surface area contributed by atoms with Crippen LogP contribution in [0.1, 0.15) is 33.0 Å². The van der Waals surface area contributed by atoms with Gasteiger partial charge in [0.1, 0.15) is 5.82 Å². The van der Waals surface area contributed by atoms with Gasteiger partial charge in [-0.1, -0.05) is 36.7 Å². The first kappa shape index (κ1) is 16.7. The number of alkyl halides is 1. The normalized spacial score (nSPS) is 14.0. The second kappa shape index (κ2) is 6.85. The van der Waals surface area contributed by atoms with Gasteiger partial charge in [-0.05, 0) is 19.3 Å². The van der Waals surface area contributed by atoms with Gasteiger partial charge >= 0.3 is 0 Å². The Kier molecular flexibility index (Phi) is 6.01. The van der Waals surface area contributed by atoms with E-state index in [0.29, 0.717) is 12.5 Å². The predicted octanol–water partition coefficient (Wildman–Crippen LogP) is 2.30. The van der Waals surface area contributed by atoms with Crippen LogP contribution >= 0.6 is 15.9 Å². The van der Waals surface area contributed by atoms with Gasteiger partial charge in [0.2, 0.25) is 0 Å². The molecule has 0 aliphatic rings. The van der Waals surface area contributed by atoms with Gasteiger partial charge in [0.25, 0.3) is 10.0 Å². The van der Waals surface area contributed by atoms with Crippen LogP contribution in [-0.2, 0) is 16.6 Å². The Hall–Kier alpha value is -0.400. The van der Waals surface area contributed by atoms with Crippen molar-refractivity contribution in [1.29, 1.82) is 0 Å². The minimum atomic E-state index is -3.52. The lowest BCUT2D eigenvalue weighted by Gasteiger charge is -2.13. The Morgan fingerprint density at radius 3 is 2.63 bits per heavy atom. The molecule has 1 atom stereocenters. The van der Waals surface area contributed by atoms with Crippen molar-refractivity contribution in [3.05, 3.63) is 12.0 Å². The summed E-state index contributed by atoms with van der Waals surface area (Å²) < 4.78 is 28.7. The first-order chi connectivity index (χ1) is 8.77. The molecule has 7 heteroatoms. The molecule has 5 nitrogen and oxygen atoms in total. The van der Waals surface area contributed by atoms with E-state index < -0.39 is 10.0 Å². The molecule has 19 heavy (non-hydrogen) atoms. The first-order valence-electron chi connectivity index (χ1n) is 6.45. The Morgan fingerprint density at radius 1 is 1.47 bits per heavy atom. The lowest BCUT2D eigenvalue weighted by molar-refractivity contribution is 0.560. The van der Waals surface area contributed by atoms with Crippen molar-refractivity contribution in [3.63, 3.8) is 0 Å². The van der Waals surface area contributed by atoms with Gasteiger partial charge in [-0.15, -0.1) is 0 Å². The number of nitrogens with one attached hydrogen (secondary N) is 1.